The normalized spacial score (nSPS) is 10.5. The maximum atomic E-state index is 13.0. The largest absolute Gasteiger partial charge is 0.355 e. The highest BCUT2D eigenvalue weighted by molar-refractivity contribution is 5.99. The van der Waals surface area contributed by atoms with E-state index in [2.05, 4.69) is 10.5 Å². The van der Waals surface area contributed by atoms with Crippen molar-refractivity contribution in [2.45, 2.75) is 6.42 Å². The lowest BCUT2D eigenvalue weighted by molar-refractivity contribution is 0.0954. The molecule has 0 bridgehead atoms. The van der Waals surface area contributed by atoms with Crippen LogP contribution in [0.4, 0.5) is 4.39 Å². The first-order valence-corrected chi connectivity index (χ1v) is 7.27. The zero-order valence-electron chi connectivity index (χ0n) is 12.3. The quantitative estimate of drug-likeness (QED) is 0.785. The summed E-state index contributed by atoms with van der Waals surface area (Å²) in [6, 6.07) is 15.6. The van der Waals surface area contributed by atoms with Crippen molar-refractivity contribution in [2.24, 2.45) is 0 Å². The monoisotopic (exact) mass is 310 g/mol. The molecule has 1 N–H and O–H groups in total. The molecular formula is C18H15FN2O2. The van der Waals surface area contributed by atoms with Crippen LogP contribution in [0.1, 0.15) is 15.9 Å². The summed E-state index contributed by atoms with van der Waals surface area (Å²) >= 11 is 0. The topological polar surface area (TPSA) is 55.1 Å². The fourth-order valence-electron chi connectivity index (χ4n) is 2.27. The second kappa shape index (κ2) is 6.87. The van der Waals surface area contributed by atoms with Gasteiger partial charge < -0.3 is 9.84 Å². The van der Waals surface area contributed by atoms with E-state index < -0.39 is 0 Å². The maximum Gasteiger partial charge on any atom is 0.256 e. The summed E-state index contributed by atoms with van der Waals surface area (Å²) in [5, 5.41) is 6.52. The van der Waals surface area contributed by atoms with Crippen LogP contribution in [0.5, 0.6) is 0 Å². The minimum Gasteiger partial charge on any atom is -0.355 e. The third-order valence-corrected chi connectivity index (χ3v) is 3.46. The van der Waals surface area contributed by atoms with E-state index in [4.69, 9.17) is 4.52 Å². The van der Waals surface area contributed by atoms with Crippen LogP contribution in [0, 0.1) is 5.82 Å². The Balaban J connectivity index is 1.66. The minimum atomic E-state index is -0.345. The molecule has 0 saturated carbocycles. The predicted molar refractivity (Wildman–Crippen MR) is 84.4 cm³/mol. The van der Waals surface area contributed by atoms with Gasteiger partial charge in [-0.3, -0.25) is 4.79 Å². The Morgan fingerprint density at radius 2 is 1.83 bits per heavy atom. The molecule has 0 saturated heterocycles. The number of carbonyl (C=O) groups excluding carboxylic acids is 1. The van der Waals surface area contributed by atoms with Gasteiger partial charge in [0.15, 0.2) is 5.76 Å². The van der Waals surface area contributed by atoms with Crippen molar-refractivity contribution in [3.05, 3.63) is 77.7 Å². The summed E-state index contributed by atoms with van der Waals surface area (Å²) in [5.41, 5.74) is 2.10. The van der Waals surface area contributed by atoms with Crippen LogP contribution in [-0.2, 0) is 6.42 Å². The Labute approximate surface area is 132 Å². The number of amides is 1. The molecule has 1 aromatic heterocycles. The Hall–Kier alpha value is -2.95. The van der Waals surface area contributed by atoms with Crippen molar-refractivity contribution in [3.8, 4) is 11.3 Å². The van der Waals surface area contributed by atoms with Crippen molar-refractivity contribution in [3.63, 3.8) is 0 Å². The third-order valence-electron chi connectivity index (χ3n) is 3.46. The Kier molecular flexibility index (Phi) is 4.47. The van der Waals surface area contributed by atoms with E-state index in [1.54, 1.807) is 12.1 Å². The van der Waals surface area contributed by atoms with E-state index in [9.17, 15) is 9.18 Å². The Morgan fingerprint density at radius 1 is 1.09 bits per heavy atom. The number of carbonyl (C=O) groups is 1. The van der Waals surface area contributed by atoms with Gasteiger partial charge in [0.1, 0.15) is 11.4 Å². The molecule has 0 aliphatic carbocycles. The number of benzene rings is 2. The smallest absolute Gasteiger partial charge is 0.256 e. The molecule has 0 aliphatic heterocycles. The highest BCUT2D eigenvalue weighted by Crippen LogP contribution is 2.23. The Bertz CT molecular complexity index is 782. The molecule has 4 nitrogen and oxygen atoms in total. The molecule has 5 heteroatoms. The number of aromatic nitrogens is 1. The fraction of sp³-hybridized carbons (Fsp3) is 0.111. The van der Waals surface area contributed by atoms with Crippen LogP contribution in [0.25, 0.3) is 11.3 Å². The molecule has 23 heavy (non-hydrogen) atoms. The van der Waals surface area contributed by atoms with Gasteiger partial charge in [0.25, 0.3) is 5.91 Å². The van der Waals surface area contributed by atoms with E-state index in [0.717, 1.165) is 12.0 Å². The fourth-order valence-corrected chi connectivity index (χ4v) is 2.27. The van der Waals surface area contributed by atoms with E-state index in [0.29, 0.717) is 23.4 Å². The number of rotatable bonds is 5. The summed E-state index contributed by atoms with van der Waals surface area (Å²) in [5.74, 6) is -0.272. The molecule has 1 heterocycles. The predicted octanol–water partition coefficient (Wildman–Crippen LogP) is 3.45. The van der Waals surface area contributed by atoms with Gasteiger partial charge in [0, 0.05) is 12.1 Å². The summed E-state index contributed by atoms with van der Waals surface area (Å²) in [4.78, 5) is 12.3. The molecule has 0 radical (unpaired) electrons. The maximum absolute atomic E-state index is 13.0. The zero-order valence-corrected chi connectivity index (χ0v) is 12.3. The van der Waals surface area contributed by atoms with Gasteiger partial charge in [-0.25, -0.2) is 4.39 Å². The molecule has 1 amide bonds. The van der Waals surface area contributed by atoms with Gasteiger partial charge in [-0.05, 0) is 36.2 Å². The third kappa shape index (κ3) is 3.63. The van der Waals surface area contributed by atoms with Crippen molar-refractivity contribution < 1.29 is 13.7 Å². The van der Waals surface area contributed by atoms with E-state index in [1.165, 1.54) is 18.3 Å². The second-order valence-electron chi connectivity index (χ2n) is 5.07. The van der Waals surface area contributed by atoms with Crippen molar-refractivity contribution in [1.29, 1.82) is 0 Å². The molecule has 0 atom stereocenters. The zero-order chi connectivity index (χ0) is 16.1. The molecule has 0 spiro atoms. The number of nitrogens with zero attached hydrogens (tertiary/aromatic N) is 1. The van der Waals surface area contributed by atoms with Crippen molar-refractivity contribution in [2.75, 3.05) is 6.54 Å². The molecular weight excluding hydrogens is 295 g/mol. The lowest BCUT2D eigenvalue weighted by Gasteiger charge is -2.05. The Morgan fingerprint density at radius 3 is 2.57 bits per heavy atom. The van der Waals surface area contributed by atoms with Gasteiger partial charge in [0.05, 0.1) is 6.20 Å². The molecule has 3 aromatic rings. The van der Waals surface area contributed by atoms with Crippen LogP contribution in [0.3, 0.4) is 0 Å². The van der Waals surface area contributed by atoms with E-state index in [-0.39, 0.29) is 11.7 Å². The number of nitrogens with one attached hydrogen (secondary N) is 1. The molecule has 0 unspecified atom stereocenters. The molecule has 3 rings (SSSR count). The summed E-state index contributed by atoms with van der Waals surface area (Å²) < 4.78 is 18.1. The average molecular weight is 310 g/mol. The lowest BCUT2D eigenvalue weighted by Crippen LogP contribution is -2.25. The van der Waals surface area contributed by atoms with Crippen LogP contribution < -0.4 is 5.32 Å². The van der Waals surface area contributed by atoms with E-state index in [1.807, 2.05) is 30.3 Å². The number of hydrogen-bond donors (Lipinski definition) is 1. The van der Waals surface area contributed by atoms with Gasteiger partial charge in [0.2, 0.25) is 0 Å². The van der Waals surface area contributed by atoms with Crippen LogP contribution >= 0.6 is 0 Å². The summed E-state index contributed by atoms with van der Waals surface area (Å²) in [6.07, 6.45) is 2.11. The van der Waals surface area contributed by atoms with Crippen LogP contribution in [0.2, 0.25) is 0 Å². The standard InChI is InChI=1S/C18H15FN2O2/c19-15-8-6-14(7-9-15)17-16(12-21-23-17)18(22)20-11-10-13-4-2-1-3-5-13/h1-9,12H,10-11H2,(H,20,22). The van der Waals surface area contributed by atoms with Crippen LogP contribution in [-0.4, -0.2) is 17.6 Å². The van der Waals surface area contributed by atoms with Crippen molar-refractivity contribution >= 4 is 5.91 Å². The molecule has 116 valence electrons. The minimum absolute atomic E-state index is 0.262. The number of halogens is 1. The lowest BCUT2D eigenvalue weighted by atomic mass is 10.1. The highest BCUT2D eigenvalue weighted by atomic mass is 19.1. The second-order valence-corrected chi connectivity index (χ2v) is 5.07. The van der Waals surface area contributed by atoms with Crippen molar-refractivity contribution in [1.82, 2.24) is 10.5 Å². The molecule has 0 aliphatic rings. The highest BCUT2D eigenvalue weighted by Gasteiger charge is 2.17. The SMILES string of the molecule is O=C(NCCc1ccccc1)c1cnoc1-c1ccc(F)cc1. The molecule has 2 aromatic carbocycles. The molecule has 0 fully saturated rings. The first-order chi connectivity index (χ1) is 11.2. The summed E-state index contributed by atoms with van der Waals surface area (Å²) in [6.45, 7) is 0.511. The van der Waals surface area contributed by atoms with E-state index >= 15 is 0 Å². The van der Waals surface area contributed by atoms with Gasteiger partial charge >= 0.3 is 0 Å². The van der Waals surface area contributed by atoms with Gasteiger partial charge in [-0.15, -0.1) is 0 Å². The number of hydrogen-bond acceptors (Lipinski definition) is 3. The summed E-state index contributed by atoms with van der Waals surface area (Å²) in [7, 11) is 0. The first-order valence-electron chi connectivity index (χ1n) is 7.27. The van der Waals surface area contributed by atoms with Crippen LogP contribution in [0.15, 0.2) is 65.3 Å². The van der Waals surface area contributed by atoms with Gasteiger partial charge in [-0.1, -0.05) is 35.5 Å². The van der Waals surface area contributed by atoms with Gasteiger partial charge in [-0.2, -0.15) is 0 Å². The average Bonchev–Trinajstić information content (AvgIpc) is 3.06. The first kappa shape index (κ1) is 15.0.